The van der Waals surface area contributed by atoms with Crippen molar-refractivity contribution in [2.75, 3.05) is 29.3 Å². The van der Waals surface area contributed by atoms with Crippen molar-refractivity contribution in [2.24, 2.45) is 0 Å². The molecule has 32 heavy (non-hydrogen) atoms. The fourth-order valence-electron chi connectivity index (χ4n) is 4.55. The lowest BCUT2D eigenvalue weighted by molar-refractivity contribution is 0.135. The van der Waals surface area contributed by atoms with Crippen LogP contribution in [0.15, 0.2) is 29.2 Å². The highest BCUT2D eigenvalue weighted by Crippen LogP contribution is 2.41. The smallest absolute Gasteiger partial charge is 0.268 e. The molecule has 1 saturated heterocycles. The molecule has 1 aliphatic heterocycles. The summed E-state index contributed by atoms with van der Waals surface area (Å²) in [5.41, 5.74) is -0.137. The van der Waals surface area contributed by atoms with Gasteiger partial charge in [-0.1, -0.05) is 31.5 Å². The Kier molecular flexibility index (Phi) is 6.97. The van der Waals surface area contributed by atoms with Crippen molar-refractivity contribution < 1.29 is 21.6 Å². The standard InChI is InChI=1S/C21H26ClF3N4O2S/c1-5-28(6-2)21(4)11-13(3)29(12-21)15-10-14(23)20(19(25)18(15)22)32(30,31)27-17-9-7-8-16(24)26-17/h7-10,13H,5-6,11-12H2,1-4H3,(H,26,27). The van der Waals surface area contributed by atoms with E-state index in [9.17, 15) is 17.2 Å². The summed E-state index contributed by atoms with van der Waals surface area (Å²) in [4.78, 5) is 6.19. The highest BCUT2D eigenvalue weighted by molar-refractivity contribution is 7.92. The van der Waals surface area contributed by atoms with Gasteiger partial charge in [0.25, 0.3) is 10.0 Å². The summed E-state index contributed by atoms with van der Waals surface area (Å²) in [6.45, 7) is 10.2. The van der Waals surface area contributed by atoms with Crippen LogP contribution < -0.4 is 9.62 Å². The Labute approximate surface area is 191 Å². The third kappa shape index (κ3) is 4.53. The topological polar surface area (TPSA) is 65.5 Å². The maximum absolute atomic E-state index is 15.1. The van der Waals surface area contributed by atoms with Gasteiger partial charge in [-0.15, -0.1) is 0 Å². The molecule has 1 fully saturated rings. The second-order valence-corrected chi connectivity index (χ2v) is 10.1. The van der Waals surface area contributed by atoms with E-state index in [2.05, 4.69) is 30.7 Å². The molecule has 1 aliphatic rings. The zero-order chi connectivity index (χ0) is 23.8. The molecule has 2 aromatic rings. The average molecular weight is 491 g/mol. The number of sulfonamides is 1. The van der Waals surface area contributed by atoms with Gasteiger partial charge in [0.2, 0.25) is 5.95 Å². The average Bonchev–Trinajstić information content (AvgIpc) is 3.00. The van der Waals surface area contributed by atoms with E-state index in [-0.39, 0.29) is 17.3 Å². The molecule has 1 aromatic carbocycles. The molecule has 2 atom stereocenters. The quantitative estimate of drug-likeness (QED) is 0.452. The van der Waals surface area contributed by atoms with E-state index in [0.717, 1.165) is 37.7 Å². The van der Waals surface area contributed by atoms with E-state index in [1.54, 1.807) is 4.90 Å². The van der Waals surface area contributed by atoms with Crippen LogP contribution in [0.1, 0.15) is 34.1 Å². The lowest BCUT2D eigenvalue weighted by atomic mass is 9.96. The molecule has 2 heterocycles. The molecule has 6 nitrogen and oxygen atoms in total. The molecular formula is C21H26ClF3N4O2S. The molecule has 0 radical (unpaired) electrons. The van der Waals surface area contributed by atoms with Gasteiger partial charge in [-0.3, -0.25) is 9.62 Å². The van der Waals surface area contributed by atoms with Crippen molar-refractivity contribution in [3.63, 3.8) is 0 Å². The van der Waals surface area contributed by atoms with Gasteiger partial charge in [0.1, 0.15) is 16.7 Å². The summed E-state index contributed by atoms with van der Waals surface area (Å²) in [7, 11) is -4.75. The SMILES string of the molecule is CCN(CC)C1(C)CC(C)N(c2cc(F)c(S(=O)(=O)Nc3cccc(F)n3)c(F)c2Cl)C1. The Bertz CT molecular complexity index is 1110. The minimum absolute atomic E-state index is 0.0750. The molecule has 3 rings (SSSR count). The maximum Gasteiger partial charge on any atom is 0.268 e. The maximum atomic E-state index is 15.1. The van der Waals surface area contributed by atoms with Crippen molar-refractivity contribution in [3.8, 4) is 0 Å². The lowest BCUT2D eigenvalue weighted by Crippen LogP contribution is -2.48. The van der Waals surface area contributed by atoms with E-state index in [1.807, 2.05) is 11.6 Å². The lowest BCUT2D eigenvalue weighted by Gasteiger charge is -2.37. The van der Waals surface area contributed by atoms with E-state index in [4.69, 9.17) is 11.6 Å². The molecule has 0 bridgehead atoms. The Hall–Kier alpha value is -2.04. The minimum Gasteiger partial charge on any atom is -0.366 e. The van der Waals surface area contributed by atoms with Crippen LogP contribution in [0.3, 0.4) is 0 Å². The summed E-state index contributed by atoms with van der Waals surface area (Å²) in [5, 5.41) is -0.491. The van der Waals surface area contributed by atoms with Crippen molar-refractivity contribution in [1.29, 1.82) is 0 Å². The molecule has 1 N–H and O–H groups in total. The highest BCUT2D eigenvalue weighted by Gasteiger charge is 2.43. The number of hydrogen-bond acceptors (Lipinski definition) is 5. The molecule has 0 aliphatic carbocycles. The third-order valence-corrected chi connectivity index (χ3v) is 7.68. The van der Waals surface area contributed by atoms with Crippen LogP contribution >= 0.6 is 11.6 Å². The summed E-state index contributed by atoms with van der Waals surface area (Å²) in [6, 6.07) is 4.24. The molecule has 0 saturated carbocycles. The van der Waals surface area contributed by atoms with Crippen LogP contribution in [0.25, 0.3) is 0 Å². The Balaban J connectivity index is 1.99. The number of pyridine rings is 1. The van der Waals surface area contributed by atoms with Gasteiger partial charge in [-0.05, 0) is 45.5 Å². The molecular weight excluding hydrogens is 465 g/mol. The summed E-state index contributed by atoms with van der Waals surface area (Å²) < 4.78 is 70.6. The summed E-state index contributed by atoms with van der Waals surface area (Å²) in [6.07, 6.45) is 0.751. The van der Waals surface area contributed by atoms with Gasteiger partial charge < -0.3 is 4.90 Å². The number of anilines is 2. The monoisotopic (exact) mass is 490 g/mol. The zero-order valence-corrected chi connectivity index (χ0v) is 19.9. The Morgan fingerprint density at radius 1 is 1.28 bits per heavy atom. The molecule has 1 aromatic heterocycles. The van der Waals surface area contributed by atoms with Crippen LogP contribution in [0.2, 0.25) is 5.02 Å². The van der Waals surface area contributed by atoms with Gasteiger partial charge in [-0.25, -0.2) is 22.2 Å². The first-order valence-corrected chi connectivity index (χ1v) is 12.1. The van der Waals surface area contributed by atoms with Crippen LogP contribution in [-0.4, -0.2) is 49.5 Å². The van der Waals surface area contributed by atoms with Crippen LogP contribution in [0.4, 0.5) is 24.7 Å². The second-order valence-electron chi connectivity index (χ2n) is 8.14. The van der Waals surface area contributed by atoms with Crippen molar-refractivity contribution >= 4 is 33.1 Å². The first kappa shape index (κ1) is 24.6. The van der Waals surface area contributed by atoms with E-state index in [1.165, 1.54) is 6.07 Å². The summed E-state index contributed by atoms with van der Waals surface area (Å²) >= 11 is 6.23. The van der Waals surface area contributed by atoms with Gasteiger partial charge in [0.15, 0.2) is 10.7 Å². The molecule has 11 heteroatoms. The van der Waals surface area contributed by atoms with Crippen LogP contribution in [0.5, 0.6) is 0 Å². The number of likely N-dealkylation sites (N-methyl/N-ethyl adjacent to an activating group) is 1. The largest absolute Gasteiger partial charge is 0.366 e. The highest BCUT2D eigenvalue weighted by atomic mass is 35.5. The molecule has 0 amide bonds. The number of benzene rings is 1. The number of nitrogens with one attached hydrogen (secondary N) is 1. The predicted octanol–water partition coefficient (Wildman–Crippen LogP) is 4.65. The van der Waals surface area contributed by atoms with Crippen molar-refractivity contribution in [2.45, 2.75) is 50.6 Å². The van der Waals surface area contributed by atoms with Gasteiger partial charge in [-0.2, -0.15) is 4.39 Å². The molecule has 176 valence electrons. The van der Waals surface area contributed by atoms with Crippen LogP contribution in [-0.2, 0) is 10.0 Å². The Morgan fingerprint density at radius 2 is 1.94 bits per heavy atom. The number of aromatic nitrogens is 1. The number of rotatable bonds is 7. The first-order chi connectivity index (χ1) is 14.9. The first-order valence-electron chi connectivity index (χ1n) is 10.3. The number of nitrogens with zero attached hydrogens (tertiary/aromatic N) is 3. The Morgan fingerprint density at radius 3 is 2.53 bits per heavy atom. The fourth-order valence-corrected chi connectivity index (χ4v) is 6.01. The fraction of sp³-hybridized carbons (Fsp3) is 0.476. The van der Waals surface area contributed by atoms with Gasteiger partial charge in [0, 0.05) is 24.2 Å². The van der Waals surface area contributed by atoms with E-state index in [0.29, 0.717) is 6.54 Å². The van der Waals surface area contributed by atoms with Crippen molar-refractivity contribution in [1.82, 2.24) is 9.88 Å². The third-order valence-electron chi connectivity index (χ3n) is 5.93. The zero-order valence-electron chi connectivity index (χ0n) is 18.3. The second kappa shape index (κ2) is 9.07. The van der Waals surface area contributed by atoms with E-state index < -0.39 is 43.3 Å². The number of halogens is 4. The molecule has 0 spiro atoms. The normalized spacial score (nSPS) is 21.4. The van der Waals surface area contributed by atoms with E-state index >= 15 is 4.39 Å². The predicted molar refractivity (Wildman–Crippen MR) is 119 cm³/mol. The van der Waals surface area contributed by atoms with Gasteiger partial charge in [0.05, 0.1) is 5.69 Å². The van der Waals surface area contributed by atoms with Gasteiger partial charge >= 0.3 is 0 Å². The minimum atomic E-state index is -4.75. The van der Waals surface area contributed by atoms with Crippen molar-refractivity contribution in [3.05, 3.63) is 46.9 Å². The summed E-state index contributed by atoms with van der Waals surface area (Å²) in [5.74, 6) is -4.06. The van der Waals surface area contributed by atoms with Crippen LogP contribution in [0, 0.1) is 17.6 Å². The molecule has 2 unspecified atom stereocenters. The number of hydrogen-bond donors (Lipinski definition) is 1.